The molecule has 1 aromatic heterocycles. The maximum absolute atomic E-state index is 13.2. The van der Waals surface area contributed by atoms with Gasteiger partial charge in [0.25, 0.3) is 0 Å². The summed E-state index contributed by atoms with van der Waals surface area (Å²) in [6, 6.07) is 12.3. The normalized spacial score (nSPS) is 20.2. The molecule has 0 aliphatic carbocycles. The second-order valence-corrected chi connectivity index (χ2v) is 8.92. The third-order valence-corrected chi connectivity index (χ3v) is 6.84. The predicted octanol–water partition coefficient (Wildman–Crippen LogP) is 5.73. The molecule has 0 N–H and O–H groups in total. The van der Waals surface area contributed by atoms with Crippen LogP contribution in [-0.2, 0) is 12.6 Å². The molecule has 2 unspecified atom stereocenters. The van der Waals surface area contributed by atoms with E-state index in [9.17, 15) is 18.0 Å². The number of aromatic nitrogens is 1. The number of fused-ring (bicyclic) bond motifs is 1. The summed E-state index contributed by atoms with van der Waals surface area (Å²) in [5, 5.41) is 0.471. The number of carbonyl (C=O) groups excluding carboxylic acids is 1. The van der Waals surface area contributed by atoms with Gasteiger partial charge in [0, 0.05) is 42.4 Å². The highest BCUT2D eigenvalue weighted by Gasteiger charge is 2.34. The van der Waals surface area contributed by atoms with Gasteiger partial charge in [0.2, 0.25) is 5.91 Å². The van der Waals surface area contributed by atoms with E-state index < -0.39 is 16.8 Å². The van der Waals surface area contributed by atoms with Gasteiger partial charge in [-0.05, 0) is 50.7 Å². The molecule has 2 aromatic carbocycles. The van der Waals surface area contributed by atoms with Crippen LogP contribution in [0.4, 0.5) is 18.9 Å². The van der Waals surface area contributed by atoms with Crippen LogP contribution in [0.2, 0.25) is 5.02 Å². The first kappa shape index (κ1) is 22.7. The molecule has 1 saturated heterocycles. The summed E-state index contributed by atoms with van der Waals surface area (Å²) < 4.78 is 41.0. The Labute approximate surface area is 190 Å². The first-order chi connectivity index (χ1) is 15.1. The zero-order valence-electron chi connectivity index (χ0n) is 18.2. The second kappa shape index (κ2) is 8.45. The molecule has 32 heavy (non-hydrogen) atoms. The fourth-order valence-electron chi connectivity index (χ4n) is 4.33. The highest BCUT2D eigenvalue weighted by Crippen LogP contribution is 2.36. The highest BCUT2D eigenvalue weighted by atomic mass is 35.5. The summed E-state index contributed by atoms with van der Waals surface area (Å²) in [6.07, 6.45) is -3.13. The summed E-state index contributed by atoms with van der Waals surface area (Å²) >= 11 is 5.99. The highest BCUT2D eigenvalue weighted by molar-refractivity contribution is 6.32. The van der Waals surface area contributed by atoms with E-state index >= 15 is 0 Å². The van der Waals surface area contributed by atoms with Crippen molar-refractivity contribution in [2.75, 3.05) is 25.0 Å². The zero-order chi connectivity index (χ0) is 23.2. The van der Waals surface area contributed by atoms with Crippen molar-refractivity contribution >= 4 is 34.1 Å². The standard InChI is InChI=1S/C24H25ClF3N3O/c1-15-13-30(14-16(2)29(15)3)19-8-7-17-9-10-31(21(17)12-19)22(32)11-18-5-4-6-20(23(18)25)24(26,27)28/h4-10,12,15-16H,11,13-14H2,1-3H3. The third kappa shape index (κ3) is 4.24. The Morgan fingerprint density at radius 2 is 1.78 bits per heavy atom. The van der Waals surface area contributed by atoms with Crippen molar-refractivity contribution in [2.45, 2.75) is 38.5 Å². The largest absolute Gasteiger partial charge is 0.417 e. The smallest absolute Gasteiger partial charge is 0.368 e. The van der Waals surface area contributed by atoms with Gasteiger partial charge in [-0.2, -0.15) is 13.2 Å². The number of carbonyl (C=O) groups is 1. The first-order valence-corrected chi connectivity index (χ1v) is 10.9. The van der Waals surface area contributed by atoms with Crippen LogP contribution in [-0.4, -0.2) is 47.6 Å². The average molecular weight is 464 g/mol. The lowest BCUT2D eigenvalue weighted by molar-refractivity contribution is -0.137. The van der Waals surface area contributed by atoms with Gasteiger partial charge in [0.1, 0.15) is 0 Å². The Kier molecular flexibility index (Phi) is 5.98. The molecule has 0 spiro atoms. The zero-order valence-corrected chi connectivity index (χ0v) is 18.9. The van der Waals surface area contributed by atoms with Crippen molar-refractivity contribution in [3.63, 3.8) is 0 Å². The monoisotopic (exact) mass is 463 g/mol. The predicted molar refractivity (Wildman–Crippen MR) is 122 cm³/mol. The van der Waals surface area contributed by atoms with Crippen LogP contribution >= 0.6 is 11.6 Å². The number of benzene rings is 2. The molecule has 1 aliphatic heterocycles. The number of alkyl halides is 3. The van der Waals surface area contributed by atoms with Crippen LogP contribution in [0.1, 0.15) is 29.8 Å². The van der Waals surface area contributed by atoms with E-state index in [1.54, 1.807) is 6.20 Å². The minimum atomic E-state index is -4.57. The molecular weight excluding hydrogens is 439 g/mol. The lowest BCUT2D eigenvalue weighted by atomic mass is 10.1. The van der Waals surface area contributed by atoms with E-state index in [2.05, 4.69) is 30.7 Å². The lowest BCUT2D eigenvalue weighted by Crippen LogP contribution is -2.55. The molecule has 4 nitrogen and oxygen atoms in total. The van der Waals surface area contributed by atoms with Gasteiger partial charge >= 0.3 is 6.18 Å². The third-order valence-electron chi connectivity index (χ3n) is 6.40. The average Bonchev–Trinajstić information content (AvgIpc) is 3.15. The van der Waals surface area contributed by atoms with Gasteiger partial charge in [-0.1, -0.05) is 29.8 Å². The van der Waals surface area contributed by atoms with E-state index in [4.69, 9.17) is 11.6 Å². The second-order valence-electron chi connectivity index (χ2n) is 8.54. The van der Waals surface area contributed by atoms with E-state index in [0.29, 0.717) is 12.1 Å². The van der Waals surface area contributed by atoms with E-state index in [1.165, 1.54) is 16.7 Å². The van der Waals surface area contributed by atoms with Crippen LogP contribution in [0.5, 0.6) is 0 Å². The topological polar surface area (TPSA) is 28.5 Å². The first-order valence-electron chi connectivity index (χ1n) is 10.5. The van der Waals surface area contributed by atoms with Crippen LogP contribution in [0.15, 0.2) is 48.7 Å². The van der Waals surface area contributed by atoms with Crippen molar-refractivity contribution < 1.29 is 18.0 Å². The van der Waals surface area contributed by atoms with E-state index in [1.807, 2.05) is 24.3 Å². The Balaban J connectivity index is 1.63. The van der Waals surface area contributed by atoms with Gasteiger partial charge in [-0.25, -0.2) is 0 Å². The van der Waals surface area contributed by atoms with Crippen LogP contribution in [0.3, 0.4) is 0 Å². The fraction of sp³-hybridized carbons (Fsp3) is 0.375. The van der Waals surface area contributed by atoms with Gasteiger partial charge in [0.15, 0.2) is 0 Å². The Bertz CT molecular complexity index is 1150. The molecular formula is C24H25ClF3N3O. The van der Waals surface area contributed by atoms with E-state index in [-0.39, 0.29) is 17.9 Å². The van der Waals surface area contributed by atoms with Gasteiger partial charge in [0.05, 0.1) is 22.5 Å². The Hall–Kier alpha value is -2.51. The van der Waals surface area contributed by atoms with Crippen molar-refractivity contribution in [3.8, 4) is 0 Å². The number of hydrogen-bond donors (Lipinski definition) is 0. The van der Waals surface area contributed by atoms with Crippen molar-refractivity contribution in [1.29, 1.82) is 0 Å². The summed E-state index contributed by atoms with van der Waals surface area (Å²) in [6.45, 7) is 6.13. The van der Waals surface area contributed by atoms with Crippen LogP contribution in [0, 0.1) is 0 Å². The number of hydrogen-bond acceptors (Lipinski definition) is 3. The number of halogens is 4. The summed E-state index contributed by atoms with van der Waals surface area (Å²) in [7, 11) is 2.12. The Morgan fingerprint density at radius 3 is 2.44 bits per heavy atom. The summed E-state index contributed by atoms with van der Waals surface area (Å²) in [5.74, 6) is -0.335. The molecule has 0 radical (unpaired) electrons. The molecule has 2 atom stereocenters. The van der Waals surface area contributed by atoms with Crippen molar-refractivity contribution in [1.82, 2.24) is 9.47 Å². The van der Waals surface area contributed by atoms with Crippen molar-refractivity contribution in [2.24, 2.45) is 0 Å². The molecule has 4 rings (SSSR count). The number of rotatable bonds is 3. The van der Waals surface area contributed by atoms with Gasteiger partial charge < -0.3 is 4.90 Å². The summed E-state index contributed by atoms with van der Waals surface area (Å²) in [4.78, 5) is 17.7. The van der Waals surface area contributed by atoms with Gasteiger partial charge in [-0.15, -0.1) is 0 Å². The molecule has 8 heteroatoms. The maximum atomic E-state index is 13.2. The number of nitrogens with zero attached hydrogens (tertiary/aromatic N) is 3. The molecule has 2 heterocycles. The molecule has 0 bridgehead atoms. The minimum Gasteiger partial charge on any atom is -0.368 e. The molecule has 170 valence electrons. The van der Waals surface area contributed by atoms with Crippen LogP contribution < -0.4 is 4.90 Å². The fourth-order valence-corrected chi connectivity index (χ4v) is 4.63. The maximum Gasteiger partial charge on any atom is 0.417 e. The van der Waals surface area contributed by atoms with Gasteiger partial charge in [-0.3, -0.25) is 14.3 Å². The van der Waals surface area contributed by atoms with Crippen LogP contribution in [0.25, 0.3) is 10.9 Å². The SMILES string of the molecule is CC1CN(c2ccc3ccn(C(=O)Cc4cccc(C(F)(F)F)c4Cl)c3c2)CC(C)N1C. The summed E-state index contributed by atoms with van der Waals surface area (Å²) in [5.41, 5.74) is 0.984. The minimum absolute atomic E-state index is 0.159. The number of piperazine rings is 1. The molecule has 0 saturated carbocycles. The quantitative estimate of drug-likeness (QED) is 0.497. The number of likely N-dealkylation sites (N-methyl/N-ethyl adjacent to an activating group) is 1. The van der Waals surface area contributed by atoms with Crippen molar-refractivity contribution in [3.05, 3.63) is 64.8 Å². The molecule has 1 aliphatic rings. The lowest BCUT2D eigenvalue weighted by Gasteiger charge is -2.43. The molecule has 3 aromatic rings. The molecule has 1 fully saturated rings. The van der Waals surface area contributed by atoms with E-state index in [0.717, 1.165) is 35.7 Å². The Morgan fingerprint density at radius 1 is 1.09 bits per heavy atom. The number of anilines is 1. The molecule has 0 amide bonds.